The molecule has 9 nitrogen and oxygen atoms in total. The number of sulfone groups is 1. The van der Waals surface area contributed by atoms with Gasteiger partial charge in [-0.05, 0) is 23.6 Å². The fraction of sp³-hybridized carbons (Fsp3) is 0.294. The van der Waals surface area contributed by atoms with Crippen LogP contribution in [0.3, 0.4) is 0 Å². The molecule has 3 aromatic rings. The number of nitro benzene ring substituents is 1. The summed E-state index contributed by atoms with van der Waals surface area (Å²) in [6, 6.07) is 4.80. The SMILES string of the molecule is O=[N+]([O-])c1cc(S(=O)(=O)C(F)F)ccc1N1CCN(c2ncnc3ccsc23)CC1. The standard InChI is InChI=1S/C17H15F2N5O4S2/c18-17(19)30(27,28)11-1-2-13(14(9-11)24(25)26)22-4-6-23(7-5-22)16-15-12(3-8-29-15)20-10-21-16/h1-3,8-10,17H,4-7H2. The summed E-state index contributed by atoms with van der Waals surface area (Å²) in [4.78, 5) is 22.3. The zero-order valence-corrected chi connectivity index (χ0v) is 16.9. The van der Waals surface area contributed by atoms with E-state index in [1.54, 1.807) is 4.90 Å². The number of alkyl halides is 2. The van der Waals surface area contributed by atoms with E-state index in [4.69, 9.17) is 0 Å². The van der Waals surface area contributed by atoms with Gasteiger partial charge in [-0.2, -0.15) is 8.78 Å². The Labute approximate surface area is 173 Å². The molecule has 0 aliphatic carbocycles. The molecule has 0 bridgehead atoms. The van der Waals surface area contributed by atoms with Gasteiger partial charge < -0.3 is 9.80 Å². The fourth-order valence-electron chi connectivity index (χ4n) is 3.36. The third-order valence-corrected chi connectivity index (χ3v) is 7.13. The van der Waals surface area contributed by atoms with Gasteiger partial charge in [0.25, 0.3) is 5.69 Å². The summed E-state index contributed by atoms with van der Waals surface area (Å²) in [5, 5.41) is 13.4. The fourth-order valence-corrected chi connectivity index (χ4v) is 4.96. The first kappa shape index (κ1) is 20.3. The first-order chi connectivity index (χ1) is 14.3. The number of nitro groups is 1. The van der Waals surface area contributed by atoms with Crippen molar-refractivity contribution in [2.45, 2.75) is 10.7 Å². The van der Waals surface area contributed by atoms with Crippen molar-refractivity contribution in [1.29, 1.82) is 0 Å². The van der Waals surface area contributed by atoms with Gasteiger partial charge in [-0.15, -0.1) is 11.3 Å². The number of hydrogen-bond acceptors (Lipinski definition) is 9. The number of thiophene rings is 1. The lowest BCUT2D eigenvalue weighted by molar-refractivity contribution is -0.384. The Kier molecular flexibility index (Phi) is 5.24. The van der Waals surface area contributed by atoms with E-state index in [1.807, 2.05) is 11.4 Å². The number of piperazine rings is 1. The van der Waals surface area contributed by atoms with Crippen molar-refractivity contribution in [3.63, 3.8) is 0 Å². The normalized spacial score (nSPS) is 15.2. The smallest absolute Gasteiger partial charge is 0.341 e. The molecule has 30 heavy (non-hydrogen) atoms. The second kappa shape index (κ2) is 7.72. The summed E-state index contributed by atoms with van der Waals surface area (Å²) < 4.78 is 49.9. The first-order valence-corrected chi connectivity index (χ1v) is 11.2. The highest BCUT2D eigenvalue weighted by molar-refractivity contribution is 7.91. The molecular weight excluding hydrogens is 440 g/mol. The van der Waals surface area contributed by atoms with E-state index < -0.39 is 31.1 Å². The lowest BCUT2D eigenvalue weighted by atomic mass is 10.2. The summed E-state index contributed by atoms with van der Waals surface area (Å²) in [6.45, 7) is 1.88. The topological polar surface area (TPSA) is 110 Å². The number of benzene rings is 1. The summed E-state index contributed by atoms with van der Waals surface area (Å²) in [5.74, 6) is -2.85. The Hall–Kier alpha value is -2.93. The Balaban J connectivity index is 1.59. The van der Waals surface area contributed by atoms with E-state index in [0.717, 1.165) is 22.1 Å². The van der Waals surface area contributed by atoms with Crippen LogP contribution >= 0.6 is 11.3 Å². The maximum atomic E-state index is 12.8. The zero-order valence-electron chi connectivity index (χ0n) is 15.3. The summed E-state index contributed by atoms with van der Waals surface area (Å²) >= 11 is 1.53. The predicted molar refractivity (Wildman–Crippen MR) is 108 cm³/mol. The van der Waals surface area contributed by atoms with Crippen LogP contribution in [0.2, 0.25) is 0 Å². The lowest BCUT2D eigenvalue weighted by Crippen LogP contribution is -2.47. The average Bonchev–Trinajstić information content (AvgIpc) is 3.22. The molecule has 158 valence electrons. The van der Waals surface area contributed by atoms with Gasteiger partial charge in [0.05, 0.1) is 20.0 Å². The molecule has 4 rings (SSSR count). The Morgan fingerprint density at radius 3 is 2.47 bits per heavy atom. The minimum atomic E-state index is -4.92. The van der Waals surface area contributed by atoms with Gasteiger partial charge in [0.15, 0.2) is 0 Å². The van der Waals surface area contributed by atoms with Crippen molar-refractivity contribution >= 4 is 48.6 Å². The van der Waals surface area contributed by atoms with Gasteiger partial charge in [-0.1, -0.05) is 0 Å². The molecule has 13 heteroatoms. The molecule has 0 radical (unpaired) electrons. The number of fused-ring (bicyclic) bond motifs is 1. The van der Waals surface area contributed by atoms with E-state index in [0.29, 0.717) is 32.2 Å². The molecule has 0 saturated carbocycles. The van der Waals surface area contributed by atoms with Crippen molar-refractivity contribution < 1.29 is 22.1 Å². The number of aromatic nitrogens is 2. The summed E-state index contributed by atoms with van der Waals surface area (Å²) in [7, 11) is -4.92. The van der Waals surface area contributed by atoms with Gasteiger partial charge in [-0.3, -0.25) is 10.1 Å². The van der Waals surface area contributed by atoms with Crippen molar-refractivity contribution in [2.75, 3.05) is 36.0 Å². The quantitative estimate of drug-likeness (QED) is 0.427. The molecule has 1 aromatic carbocycles. The van der Waals surface area contributed by atoms with Crippen LogP contribution in [-0.2, 0) is 9.84 Å². The van der Waals surface area contributed by atoms with Crippen LogP contribution in [0.4, 0.5) is 26.0 Å². The van der Waals surface area contributed by atoms with Gasteiger partial charge >= 0.3 is 5.76 Å². The van der Waals surface area contributed by atoms with E-state index in [2.05, 4.69) is 14.9 Å². The molecule has 0 spiro atoms. The Morgan fingerprint density at radius 1 is 1.10 bits per heavy atom. The van der Waals surface area contributed by atoms with E-state index in [1.165, 1.54) is 23.7 Å². The van der Waals surface area contributed by atoms with E-state index >= 15 is 0 Å². The summed E-state index contributed by atoms with van der Waals surface area (Å²) in [5.41, 5.74) is 0.517. The lowest BCUT2D eigenvalue weighted by Gasteiger charge is -2.36. The molecule has 0 unspecified atom stereocenters. The van der Waals surface area contributed by atoms with Crippen LogP contribution < -0.4 is 9.80 Å². The monoisotopic (exact) mass is 455 g/mol. The first-order valence-electron chi connectivity index (χ1n) is 8.77. The molecule has 3 heterocycles. The minimum Gasteiger partial charge on any atom is -0.362 e. The van der Waals surface area contributed by atoms with Gasteiger partial charge in [0.1, 0.15) is 17.8 Å². The molecular formula is C17H15F2N5O4S2. The number of anilines is 2. The van der Waals surface area contributed by atoms with Gasteiger partial charge in [0, 0.05) is 32.2 Å². The summed E-state index contributed by atoms with van der Waals surface area (Å²) in [6.07, 6.45) is 1.49. The Bertz CT molecular complexity index is 1210. The molecule has 0 N–H and O–H groups in total. The van der Waals surface area contributed by atoms with Crippen molar-refractivity contribution in [3.8, 4) is 0 Å². The van der Waals surface area contributed by atoms with Crippen LogP contribution in [0.15, 0.2) is 40.9 Å². The third kappa shape index (κ3) is 3.54. The minimum absolute atomic E-state index is 0.192. The van der Waals surface area contributed by atoms with E-state index in [9.17, 15) is 27.3 Å². The number of rotatable bonds is 5. The van der Waals surface area contributed by atoms with Gasteiger partial charge in [0.2, 0.25) is 9.84 Å². The number of halogens is 2. The van der Waals surface area contributed by atoms with Crippen LogP contribution in [0.5, 0.6) is 0 Å². The van der Waals surface area contributed by atoms with Crippen molar-refractivity contribution in [3.05, 3.63) is 46.1 Å². The highest BCUT2D eigenvalue weighted by atomic mass is 32.2. The van der Waals surface area contributed by atoms with Crippen LogP contribution in [0.25, 0.3) is 10.2 Å². The molecule has 0 atom stereocenters. The number of nitrogens with zero attached hydrogens (tertiary/aromatic N) is 5. The second-order valence-electron chi connectivity index (χ2n) is 6.52. The van der Waals surface area contributed by atoms with Crippen LogP contribution in [0, 0.1) is 10.1 Å². The molecule has 1 saturated heterocycles. The average molecular weight is 455 g/mol. The van der Waals surface area contributed by atoms with Crippen molar-refractivity contribution in [2.24, 2.45) is 0 Å². The Morgan fingerprint density at radius 2 is 1.80 bits per heavy atom. The third-order valence-electron chi connectivity index (χ3n) is 4.85. The molecule has 0 amide bonds. The van der Waals surface area contributed by atoms with E-state index in [-0.39, 0.29) is 5.69 Å². The van der Waals surface area contributed by atoms with Crippen LogP contribution in [0.1, 0.15) is 0 Å². The molecule has 1 fully saturated rings. The maximum absolute atomic E-state index is 12.8. The largest absolute Gasteiger partial charge is 0.362 e. The number of hydrogen-bond donors (Lipinski definition) is 0. The van der Waals surface area contributed by atoms with Gasteiger partial charge in [-0.25, -0.2) is 18.4 Å². The molecule has 1 aliphatic heterocycles. The highest BCUT2D eigenvalue weighted by Gasteiger charge is 2.31. The second-order valence-corrected chi connectivity index (χ2v) is 9.35. The maximum Gasteiger partial charge on any atom is 0.341 e. The van der Waals surface area contributed by atoms with Crippen molar-refractivity contribution in [1.82, 2.24) is 9.97 Å². The molecule has 1 aliphatic rings. The molecule has 2 aromatic heterocycles. The van der Waals surface area contributed by atoms with Crippen LogP contribution in [-0.4, -0.2) is 55.2 Å². The zero-order chi connectivity index (χ0) is 21.5. The predicted octanol–water partition coefficient (Wildman–Crippen LogP) is 2.92. The highest BCUT2D eigenvalue weighted by Crippen LogP contribution is 2.34.